The molecular formula is C23H28ClN3O3. The predicted octanol–water partition coefficient (Wildman–Crippen LogP) is 4.44. The zero-order valence-electron chi connectivity index (χ0n) is 17.8. The highest BCUT2D eigenvalue weighted by molar-refractivity contribution is 6.31. The molecule has 2 amide bonds. The van der Waals surface area contributed by atoms with Gasteiger partial charge >= 0.3 is 0 Å². The van der Waals surface area contributed by atoms with Crippen molar-refractivity contribution in [1.82, 2.24) is 4.90 Å². The lowest BCUT2D eigenvalue weighted by atomic mass is 10.1. The number of methoxy groups -OCH3 is 1. The van der Waals surface area contributed by atoms with Crippen LogP contribution in [0.15, 0.2) is 42.5 Å². The van der Waals surface area contributed by atoms with Gasteiger partial charge in [0.1, 0.15) is 11.8 Å². The second kappa shape index (κ2) is 9.39. The smallest absolute Gasteiger partial charge is 0.258 e. The van der Waals surface area contributed by atoms with Crippen LogP contribution in [0.2, 0.25) is 5.02 Å². The number of benzene rings is 2. The van der Waals surface area contributed by atoms with Crippen LogP contribution in [-0.4, -0.2) is 49.5 Å². The van der Waals surface area contributed by atoms with Crippen LogP contribution in [0.25, 0.3) is 0 Å². The zero-order valence-corrected chi connectivity index (χ0v) is 18.6. The number of hydrogen-bond donors (Lipinski definition) is 1. The zero-order chi connectivity index (χ0) is 21.8. The van der Waals surface area contributed by atoms with Gasteiger partial charge in [-0.05, 0) is 63.1 Å². The van der Waals surface area contributed by atoms with Crippen LogP contribution in [0.1, 0.15) is 37.0 Å². The first-order valence-corrected chi connectivity index (χ1v) is 10.5. The van der Waals surface area contributed by atoms with E-state index in [2.05, 4.69) is 24.1 Å². The van der Waals surface area contributed by atoms with E-state index in [-0.39, 0.29) is 11.8 Å². The number of likely N-dealkylation sites (tertiary alicyclic amines) is 1. The van der Waals surface area contributed by atoms with Gasteiger partial charge < -0.3 is 19.9 Å². The summed E-state index contributed by atoms with van der Waals surface area (Å²) >= 11 is 6.08. The summed E-state index contributed by atoms with van der Waals surface area (Å²) in [4.78, 5) is 29.9. The fourth-order valence-electron chi connectivity index (χ4n) is 3.61. The molecule has 1 aliphatic heterocycles. The third kappa shape index (κ3) is 4.70. The quantitative estimate of drug-likeness (QED) is 0.737. The molecule has 1 unspecified atom stereocenters. The molecule has 160 valence electrons. The first kappa shape index (κ1) is 22.0. The summed E-state index contributed by atoms with van der Waals surface area (Å²) in [5.41, 5.74) is 2.10. The molecular weight excluding hydrogens is 402 g/mol. The summed E-state index contributed by atoms with van der Waals surface area (Å²) in [7, 11) is 3.52. The molecule has 0 aliphatic carbocycles. The van der Waals surface area contributed by atoms with E-state index < -0.39 is 6.04 Å². The van der Waals surface area contributed by atoms with Gasteiger partial charge in [0.05, 0.1) is 12.7 Å². The van der Waals surface area contributed by atoms with Crippen LogP contribution in [-0.2, 0) is 4.79 Å². The van der Waals surface area contributed by atoms with E-state index in [1.54, 1.807) is 23.1 Å². The summed E-state index contributed by atoms with van der Waals surface area (Å²) < 4.78 is 5.32. The molecule has 2 aromatic rings. The van der Waals surface area contributed by atoms with Gasteiger partial charge in [0, 0.05) is 36.0 Å². The molecule has 6 nitrogen and oxygen atoms in total. The average Bonchev–Trinajstić information content (AvgIpc) is 3.22. The lowest BCUT2D eigenvalue weighted by Crippen LogP contribution is -2.43. The van der Waals surface area contributed by atoms with Crippen molar-refractivity contribution >= 4 is 34.8 Å². The molecule has 0 aromatic heterocycles. The van der Waals surface area contributed by atoms with Crippen molar-refractivity contribution in [2.24, 2.45) is 0 Å². The standard InChI is InChI=1S/C23H28ClN3O3/c1-15(2)26(3)18-8-5-7-17(14-18)25-22(28)20-9-6-12-27(20)23(29)19-13-16(24)10-11-21(19)30-4/h5,7-8,10-11,13-15,20H,6,9,12H2,1-4H3,(H,25,28). The first-order valence-electron chi connectivity index (χ1n) is 10.1. The minimum atomic E-state index is -0.535. The summed E-state index contributed by atoms with van der Waals surface area (Å²) in [6.07, 6.45) is 1.38. The molecule has 3 rings (SSSR count). The van der Waals surface area contributed by atoms with Crippen molar-refractivity contribution < 1.29 is 14.3 Å². The normalized spacial score (nSPS) is 15.9. The molecule has 1 fully saturated rings. The Morgan fingerprint density at radius 2 is 2.00 bits per heavy atom. The van der Waals surface area contributed by atoms with Crippen LogP contribution < -0.4 is 15.0 Å². The third-order valence-corrected chi connectivity index (χ3v) is 5.74. The van der Waals surface area contributed by atoms with E-state index in [1.165, 1.54) is 7.11 Å². The Kier molecular flexibility index (Phi) is 6.87. The number of nitrogens with one attached hydrogen (secondary N) is 1. The van der Waals surface area contributed by atoms with E-state index in [1.807, 2.05) is 31.3 Å². The number of amides is 2. The Bertz CT molecular complexity index is 932. The summed E-state index contributed by atoms with van der Waals surface area (Å²) in [5.74, 6) is 0.00590. The van der Waals surface area contributed by atoms with Gasteiger partial charge in [0.2, 0.25) is 5.91 Å². The van der Waals surface area contributed by atoms with E-state index in [4.69, 9.17) is 16.3 Å². The van der Waals surface area contributed by atoms with Crippen LogP contribution in [0, 0.1) is 0 Å². The average molecular weight is 430 g/mol. The second-order valence-corrected chi connectivity index (χ2v) is 8.18. The first-order chi connectivity index (χ1) is 14.3. The minimum Gasteiger partial charge on any atom is -0.496 e. The fraction of sp³-hybridized carbons (Fsp3) is 0.391. The van der Waals surface area contributed by atoms with Crippen molar-refractivity contribution in [3.05, 3.63) is 53.1 Å². The van der Waals surface area contributed by atoms with Gasteiger partial charge in [-0.1, -0.05) is 17.7 Å². The Balaban J connectivity index is 1.78. The van der Waals surface area contributed by atoms with Crippen LogP contribution in [0.5, 0.6) is 5.75 Å². The maximum Gasteiger partial charge on any atom is 0.258 e. The van der Waals surface area contributed by atoms with Crippen molar-refractivity contribution in [2.45, 2.75) is 38.8 Å². The number of ether oxygens (including phenoxy) is 1. The van der Waals surface area contributed by atoms with Gasteiger partial charge in [0.15, 0.2) is 0 Å². The van der Waals surface area contributed by atoms with E-state index in [0.717, 1.165) is 12.1 Å². The van der Waals surface area contributed by atoms with E-state index in [9.17, 15) is 9.59 Å². The van der Waals surface area contributed by atoms with Gasteiger partial charge in [0.25, 0.3) is 5.91 Å². The second-order valence-electron chi connectivity index (χ2n) is 7.75. The SMILES string of the molecule is COc1ccc(Cl)cc1C(=O)N1CCCC1C(=O)Nc1cccc(N(C)C(C)C)c1. The highest BCUT2D eigenvalue weighted by Crippen LogP contribution is 2.28. The topological polar surface area (TPSA) is 61.9 Å². The molecule has 1 saturated heterocycles. The van der Waals surface area contributed by atoms with Crippen molar-refractivity contribution in [3.63, 3.8) is 0 Å². The number of hydrogen-bond acceptors (Lipinski definition) is 4. The number of carbonyl (C=O) groups excluding carboxylic acids is 2. The van der Waals surface area contributed by atoms with Crippen LogP contribution >= 0.6 is 11.6 Å². The largest absolute Gasteiger partial charge is 0.496 e. The maximum atomic E-state index is 13.2. The van der Waals surface area contributed by atoms with Crippen molar-refractivity contribution in [3.8, 4) is 5.75 Å². The fourth-order valence-corrected chi connectivity index (χ4v) is 3.78. The molecule has 2 aromatic carbocycles. The Labute approximate surface area is 182 Å². The number of anilines is 2. The number of nitrogens with zero attached hydrogens (tertiary/aromatic N) is 2. The third-order valence-electron chi connectivity index (χ3n) is 5.50. The molecule has 1 atom stereocenters. The highest BCUT2D eigenvalue weighted by Gasteiger charge is 2.35. The van der Waals surface area contributed by atoms with Crippen molar-refractivity contribution in [2.75, 3.05) is 30.9 Å². The predicted molar refractivity (Wildman–Crippen MR) is 121 cm³/mol. The molecule has 0 radical (unpaired) electrons. The molecule has 7 heteroatoms. The van der Waals surface area contributed by atoms with Gasteiger partial charge in [-0.3, -0.25) is 9.59 Å². The van der Waals surface area contributed by atoms with E-state index >= 15 is 0 Å². The Hall–Kier alpha value is -2.73. The molecule has 0 bridgehead atoms. The number of halogens is 1. The Morgan fingerprint density at radius 1 is 1.23 bits per heavy atom. The lowest BCUT2D eigenvalue weighted by molar-refractivity contribution is -0.119. The highest BCUT2D eigenvalue weighted by atomic mass is 35.5. The van der Waals surface area contributed by atoms with Gasteiger partial charge in [-0.15, -0.1) is 0 Å². The molecule has 1 heterocycles. The van der Waals surface area contributed by atoms with Crippen LogP contribution in [0.3, 0.4) is 0 Å². The number of rotatable bonds is 6. The molecule has 0 spiro atoms. The molecule has 1 N–H and O–H groups in total. The Morgan fingerprint density at radius 3 is 2.70 bits per heavy atom. The summed E-state index contributed by atoms with van der Waals surface area (Å²) in [6, 6.07) is 12.4. The maximum absolute atomic E-state index is 13.2. The lowest BCUT2D eigenvalue weighted by Gasteiger charge is -2.26. The molecule has 30 heavy (non-hydrogen) atoms. The molecule has 1 aliphatic rings. The number of carbonyl (C=O) groups is 2. The molecule has 0 saturated carbocycles. The summed E-state index contributed by atoms with van der Waals surface area (Å²) in [5, 5.41) is 3.43. The monoisotopic (exact) mass is 429 g/mol. The minimum absolute atomic E-state index is 0.189. The van der Waals surface area contributed by atoms with E-state index in [0.29, 0.717) is 41.0 Å². The van der Waals surface area contributed by atoms with Crippen LogP contribution in [0.4, 0.5) is 11.4 Å². The van der Waals surface area contributed by atoms with Gasteiger partial charge in [-0.2, -0.15) is 0 Å². The van der Waals surface area contributed by atoms with Crippen molar-refractivity contribution in [1.29, 1.82) is 0 Å². The summed E-state index contributed by atoms with van der Waals surface area (Å²) in [6.45, 7) is 4.73. The van der Waals surface area contributed by atoms with Gasteiger partial charge in [-0.25, -0.2) is 0 Å².